The molecule has 0 aromatic heterocycles. The van der Waals surface area contributed by atoms with Gasteiger partial charge < -0.3 is 5.11 Å². The maximum atomic E-state index is 11.1. The molecule has 1 aromatic rings. The van der Waals surface area contributed by atoms with Crippen LogP contribution in [0, 0.1) is 17.0 Å². The summed E-state index contributed by atoms with van der Waals surface area (Å²) in [4.78, 5) is 31.4. The molecule has 1 aromatic carbocycles. The van der Waals surface area contributed by atoms with Crippen molar-refractivity contribution in [3.63, 3.8) is 0 Å². The van der Waals surface area contributed by atoms with E-state index in [0.717, 1.165) is 0 Å². The first-order chi connectivity index (χ1) is 6.95. The summed E-state index contributed by atoms with van der Waals surface area (Å²) in [7, 11) is 0. The van der Waals surface area contributed by atoms with Crippen LogP contribution >= 0.6 is 0 Å². The zero-order valence-corrected chi connectivity index (χ0v) is 7.76. The highest BCUT2D eigenvalue weighted by molar-refractivity contribution is 6.40. The summed E-state index contributed by atoms with van der Waals surface area (Å²) in [6.45, 7) is 1.34. The molecule has 1 N–H and O–H groups in total. The average molecular weight is 209 g/mol. The Morgan fingerprint density at radius 3 is 2.47 bits per heavy atom. The number of benzene rings is 1. The van der Waals surface area contributed by atoms with Crippen LogP contribution in [0.5, 0.6) is 0 Å². The van der Waals surface area contributed by atoms with E-state index in [0.29, 0.717) is 0 Å². The summed E-state index contributed by atoms with van der Waals surface area (Å²) >= 11 is 0. The van der Waals surface area contributed by atoms with E-state index < -0.39 is 16.7 Å². The Kier molecular flexibility index (Phi) is 2.80. The number of hydrogen-bond acceptors (Lipinski definition) is 4. The van der Waals surface area contributed by atoms with E-state index in [1.807, 2.05) is 0 Å². The first-order valence-electron chi connectivity index (χ1n) is 3.96. The minimum atomic E-state index is -1.63. The zero-order chi connectivity index (χ0) is 11.6. The Morgan fingerprint density at radius 2 is 2.00 bits per heavy atom. The van der Waals surface area contributed by atoms with E-state index in [-0.39, 0.29) is 16.8 Å². The van der Waals surface area contributed by atoms with E-state index in [1.165, 1.54) is 25.1 Å². The molecule has 0 amide bonds. The van der Waals surface area contributed by atoms with Gasteiger partial charge >= 0.3 is 5.97 Å². The lowest BCUT2D eigenvalue weighted by atomic mass is 10.0. The molecule has 0 atom stereocenters. The highest BCUT2D eigenvalue weighted by Gasteiger charge is 2.21. The number of aliphatic carboxylic acids is 1. The molecule has 6 heteroatoms. The van der Waals surface area contributed by atoms with Crippen molar-refractivity contribution >= 4 is 17.4 Å². The maximum absolute atomic E-state index is 11.1. The van der Waals surface area contributed by atoms with Crippen LogP contribution in [0.2, 0.25) is 0 Å². The lowest BCUT2D eigenvalue weighted by Crippen LogP contribution is -2.14. The van der Waals surface area contributed by atoms with Crippen molar-refractivity contribution in [1.29, 1.82) is 0 Å². The molecule has 15 heavy (non-hydrogen) atoms. The summed E-state index contributed by atoms with van der Waals surface area (Å²) in [6, 6.07) is 3.74. The fourth-order valence-electron chi connectivity index (χ4n) is 1.18. The number of carbonyl (C=O) groups is 2. The van der Waals surface area contributed by atoms with Crippen LogP contribution in [-0.2, 0) is 4.79 Å². The Morgan fingerprint density at radius 1 is 1.40 bits per heavy atom. The molecule has 0 aliphatic carbocycles. The molecule has 0 fully saturated rings. The molecule has 0 saturated heterocycles. The lowest BCUT2D eigenvalue weighted by molar-refractivity contribution is -0.385. The standard InChI is InChI=1S/C9H7NO5/c1-5-6(8(11)9(12)13)3-2-4-7(5)10(14)15/h2-4H,1H3,(H,12,13). The number of rotatable bonds is 3. The van der Waals surface area contributed by atoms with Gasteiger partial charge in [0.15, 0.2) is 0 Å². The van der Waals surface area contributed by atoms with Crippen molar-refractivity contribution in [2.45, 2.75) is 6.92 Å². The Bertz CT molecular complexity index is 452. The number of ketones is 1. The van der Waals surface area contributed by atoms with Gasteiger partial charge in [-0.25, -0.2) is 4.79 Å². The molecular formula is C9H7NO5. The number of carbonyl (C=O) groups excluding carboxylic acids is 1. The average Bonchev–Trinajstić information content (AvgIpc) is 2.16. The van der Waals surface area contributed by atoms with E-state index in [2.05, 4.69) is 0 Å². The first kappa shape index (κ1) is 10.8. The van der Waals surface area contributed by atoms with Gasteiger partial charge in [0, 0.05) is 17.2 Å². The Hall–Kier alpha value is -2.24. The summed E-state index contributed by atoms with van der Waals surface area (Å²) in [6.07, 6.45) is 0. The van der Waals surface area contributed by atoms with E-state index in [4.69, 9.17) is 5.11 Å². The molecule has 1 rings (SSSR count). The first-order valence-corrected chi connectivity index (χ1v) is 3.96. The topological polar surface area (TPSA) is 97.5 Å². The fourth-order valence-corrected chi connectivity index (χ4v) is 1.18. The number of carboxylic acids is 1. The molecule has 78 valence electrons. The number of nitro benzene ring substituents is 1. The predicted octanol–water partition coefficient (Wildman–Crippen LogP) is 1.17. The van der Waals surface area contributed by atoms with Crippen molar-refractivity contribution in [2.75, 3.05) is 0 Å². The minimum Gasteiger partial charge on any atom is -0.475 e. The molecular weight excluding hydrogens is 202 g/mol. The van der Waals surface area contributed by atoms with Gasteiger partial charge in [0.25, 0.3) is 11.5 Å². The van der Waals surface area contributed by atoms with Crippen LogP contribution in [-0.4, -0.2) is 21.8 Å². The van der Waals surface area contributed by atoms with Crippen molar-refractivity contribution < 1.29 is 19.6 Å². The number of nitro groups is 1. The van der Waals surface area contributed by atoms with Gasteiger partial charge in [-0.15, -0.1) is 0 Å². The highest BCUT2D eigenvalue weighted by atomic mass is 16.6. The van der Waals surface area contributed by atoms with Gasteiger partial charge in [0.2, 0.25) is 0 Å². The van der Waals surface area contributed by atoms with Crippen molar-refractivity contribution in [3.05, 3.63) is 39.4 Å². The second-order valence-electron chi connectivity index (χ2n) is 2.84. The summed E-state index contributed by atoms with van der Waals surface area (Å²) in [5.41, 5.74) is -0.353. The zero-order valence-electron chi connectivity index (χ0n) is 7.76. The normalized spacial score (nSPS) is 9.67. The fraction of sp³-hybridized carbons (Fsp3) is 0.111. The maximum Gasteiger partial charge on any atom is 0.377 e. The Labute approximate surface area is 84.3 Å². The number of Topliss-reactive ketones (excluding diaryl/α,β-unsaturated/α-hetero) is 1. The van der Waals surface area contributed by atoms with Crippen molar-refractivity contribution in [1.82, 2.24) is 0 Å². The quantitative estimate of drug-likeness (QED) is 0.348. The summed E-state index contributed by atoms with van der Waals surface area (Å²) in [5, 5.41) is 19.0. The summed E-state index contributed by atoms with van der Waals surface area (Å²) in [5.74, 6) is -2.77. The molecule has 0 unspecified atom stereocenters. The second-order valence-corrected chi connectivity index (χ2v) is 2.84. The second kappa shape index (κ2) is 3.87. The SMILES string of the molecule is Cc1c(C(=O)C(=O)O)cccc1[N+](=O)[O-]. The third-order valence-corrected chi connectivity index (χ3v) is 1.94. The number of nitrogens with zero attached hydrogens (tertiary/aromatic N) is 1. The molecule has 0 heterocycles. The highest BCUT2D eigenvalue weighted by Crippen LogP contribution is 2.21. The van der Waals surface area contributed by atoms with Crippen LogP contribution in [0.25, 0.3) is 0 Å². The summed E-state index contributed by atoms with van der Waals surface area (Å²) < 4.78 is 0. The van der Waals surface area contributed by atoms with Gasteiger partial charge in [-0.05, 0) is 6.92 Å². The van der Waals surface area contributed by atoms with E-state index >= 15 is 0 Å². The predicted molar refractivity (Wildman–Crippen MR) is 49.8 cm³/mol. The van der Waals surface area contributed by atoms with Gasteiger partial charge in [-0.3, -0.25) is 14.9 Å². The van der Waals surface area contributed by atoms with Crippen LogP contribution in [0.1, 0.15) is 15.9 Å². The monoisotopic (exact) mass is 209 g/mol. The van der Waals surface area contributed by atoms with Crippen molar-refractivity contribution in [3.8, 4) is 0 Å². The molecule has 0 saturated carbocycles. The minimum absolute atomic E-state index is 0.0647. The van der Waals surface area contributed by atoms with Crippen LogP contribution in [0.3, 0.4) is 0 Å². The van der Waals surface area contributed by atoms with E-state index in [1.54, 1.807) is 0 Å². The van der Waals surface area contributed by atoms with Crippen LogP contribution < -0.4 is 0 Å². The Balaban J connectivity index is 3.33. The third-order valence-electron chi connectivity index (χ3n) is 1.94. The largest absolute Gasteiger partial charge is 0.475 e. The molecule has 0 bridgehead atoms. The van der Waals surface area contributed by atoms with E-state index in [9.17, 15) is 19.7 Å². The van der Waals surface area contributed by atoms with Crippen LogP contribution in [0.4, 0.5) is 5.69 Å². The smallest absolute Gasteiger partial charge is 0.377 e. The van der Waals surface area contributed by atoms with Gasteiger partial charge in [0.1, 0.15) is 0 Å². The number of carboxylic acid groups (broad SMARTS) is 1. The number of hydrogen-bond donors (Lipinski definition) is 1. The molecule has 6 nitrogen and oxygen atoms in total. The van der Waals surface area contributed by atoms with Crippen LogP contribution in [0.15, 0.2) is 18.2 Å². The third kappa shape index (κ3) is 1.98. The van der Waals surface area contributed by atoms with Gasteiger partial charge in [-0.1, -0.05) is 12.1 Å². The van der Waals surface area contributed by atoms with Gasteiger partial charge in [0.05, 0.1) is 4.92 Å². The molecule has 0 aliphatic rings. The molecule has 0 radical (unpaired) electrons. The molecule has 0 spiro atoms. The molecule has 0 aliphatic heterocycles. The lowest BCUT2D eigenvalue weighted by Gasteiger charge is -2.01. The van der Waals surface area contributed by atoms with Crippen molar-refractivity contribution in [2.24, 2.45) is 0 Å². The van der Waals surface area contributed by atoms with Gasteiger partial charge in [-0.2, -0.15) is 0 Å².